The molecule has 0 aromatic heterocycles. The van der Waals surface area contributed by atoms with Crippen molar-refractivity contribution in [3.05, 3.63) is 88.9 Å². The third-order valence-electron chi connectivity index (χ3n) is 6.93. The number of amides is 2. The van der Waals surface area contributed by atoms with Crippen LogP contribution in [0.25, 0.3) is 0 Å². The van der Waals surface area contributed by atoms with Gasteiger partial charge in [0.25, 0.3) is 10.0 Å². The van der Waals surface area contributed by atoms with Crippen LogP contribution in [0, 0.1) is 6.92 Å². The van der Waals surface area contributed by atoms with Gasteiger partial charge in [-0.25, -0.2) is 8.42 Å². The number of sulfonamides is 1. The van der Waals surface area contributed by atoms with Crippen LogP contribution >= 0.6 is 23.4 Å². The maximum Gasteiger partial charge on any atom is 0.264 e. The lowest BCUT2D eigenvalue weighted by atomic mass is 10.1. The number of hydrogen-bond donors (Lipinski definition) is 1. The number of anilines is 1. The van der Waals surface area contributed by atoms with E-state index in [1.165, 1.54) is 16.7 Å². The molecule has 10 heteroatoms. The highest BCUT2D eigenvalue weighted by Gasteiger charge is 2.34. The molecule has 0 aliphatic carbocycles. The smallest absolute Gasteiger partial charge is 0.264 e. The average molecular weight is 616 g/mol. The first-order chi connectivity index (χ1) is 19.5. The van der Waals surface area contributed by atoms with Crippen molar-refractivity contribution in [3.63, 3.8) is 0 Å². The second-order valence-electron chi connectivity index (χ2n) is 9.88. The Bertz CT molecular complexity index is 1430. The standard InChI is InChI=1S/C31H38ClN3O4S2/c1-6-23(4)33-31(37)29(7-2)34(20-24-10-8-9-11-28(24)32)30(36)21-35(25-14-12-22(3)13-15-25)41(38,39)27-18-16-26(40-5)17-19-27/h8-19,23,29H,6-7,20-21H2,1-5H3,(H,33,37)/t23-,29+/m0/s1. The van der Waals surface area contributed by atoms with Crippen LogP contribution < -0.4 is 9.62 Å². The summed E-state index contributed by atoms with van der Waals surface area (Å²) in [6.07, 6.45) is 2.98. The number of hydrogen-bond acceptors (Lipinski definition) is 5. The van der Waals surface area contributed by atoms with Crippen LogP contribution in [0.1, 0.15) is 44.7 Å². The van der Waals surface area contributed by atoms with E-state index in [0.29, 0.717) is 22.7 Å². The molecule has 1 N–H and O–H groups in total. The molecule has 0 fully saturated rings. The molecular formula is C31H38ClN3O4S2. The third-order valence-corrected chi connectivity index (χ3v) is 9.83. The van der Waals surface area contributed by atoms with E-state index < -0.39 is 28.5 Å². The molecule has 0 radical (unpaired) electrons. The molecule has 3 aromatic carbocycles. The van der Waals surface area contributed by atoms with Crippen LogP contribution in [0.3, 0.4) is 0 Å². The molecule has 0 spiro atoms. The van der Waals surface area contributed by atoms with Crippen molar-refractivity contribution in [2.75, 3.05) is 17.1 Å². The molecule has 0 bridgehead atoms. The van der Waals surface area contributed by atoms with E-state index in [4.69, 9.17) is 11.6 Å². The molecule has 3 aromatic rings. The van der Waals surface area contributed by atoms with E-state index in [2.05, 4.69) is 5.32 Å². The van der Waals surface area contributed by atoms with E-state index in [9.17, 15) is 18.0 Å². The molecule has 7 nitrogen and oxygen atoms in total. The van der Waals surface area contributed by atoms with Gasteiger partial charge in [-0.3, -0.25) is 13.9 Å². The third kappa shape index (κ3) is 8.27. The number of thioether (sulfide) groups is 1. The van der Waals surface area contributed by atoms with Gasteiger partial charge in [-0.2, -0.15) is 0 Å². The Morgan fingerprint density at radius 2 is 1.59 bits per heavy atom. The number of halogens is 1. The Labute approximate surface area is 253 Å². The Balaban J connectivity index is 2.06. The van der Waals surface area contributed by atoms with Crippen molar-refractivity contribution in [2.24, 2.45) is 0 Å². The second kappa shape index (κ2) is 14.8. The summed E-state index contributed by atoms with van der Waals surface area (Å²) in [7, 11) is -4.13. The minimum atomic E-state index is -4.13. The lowest BCUT2D eigenvalue weighted by Gasteiger charge is -2.34. The fourth-order valence-corrected chi connectivity index (χ4v) is 6.30. The summed E-state index contributed by atoms with van der Waals surface area (Å²) >= 11 is 7.96. The van der Waals surface area contributed by atoms with Crippen LogP contribution in [0.5, 0.6) is 0 Å². The maximum atomic E-state index is 14.1. The van der Waals surface area contributed by atoms with Crippen LogP contribution in [0.4, 0.5) is 5.69 Å². The molecule has 2 amide bonds. The zero-order valence-corrected chi connectivity index (χ0v) is 26.5. The fourth-order valence-electron chi connectivity index (χ4n) is 4.29. The first-order valence-electron chi connectivity index (χ1n) is 13.6. The fraction of sp³-hybridized carbons (Fsp3) is 0.355. The molecular weight excluding hydrogens is 578 g/mol. The molecule has 0 aliphatic rings. The van der Waals surface area contributed by atoms with Crippen molar-refractivity contribution >= 4 is 50.9 Å². The average Bonchev–Trinajstić information content (AvgIpc) is 2.97. The van der Waals surface area contributed by atoms with Gasteiger partial charge in [-0.1, -0.05) is 61.3 Å². The molecule has 0 aliphatic heterocycles. The van der Waals surface area contributed by atoms with Crippen molar-refractivity contribution in [1.82, 2.24) is 10.2 Å². The van der Waals surface area contributed by atoms with Crippen LogP contribution in [0.15, 0.2) is 82.6 Å². The van der Waals surface area contributed by atoms with Gasteiger partial charge in [0.15, 0.2) is 0 Å². The molecule has 0 saturated heterocycles. The number of carbonyl (C=O) groups is 2. The Morgan fingerprint density at radius 3 is 2.15 bits per heavy atom. The van der Waals surface area contributed by atoms with Crippen LogP contribution in [-0.2, 0) is 26.2 Å². The summed E-state index contributed by atoms with van der Waals surface area (Å²) in [5.41, 5.74) is 1.97. The van der Waals surface area contributed by atoms with Crippen molar-refractivity contribution in [2.45, 2.75) is 69.0 Å². The van der Waals surface area contributed by atoms with Crippen molar-refractivity contribution in [1.29, 1.82) is 0 Å². The summed E-state index contributed by atoms with van der Waals surface area (Å²) in [4.78, 5) is 29.9. The normalized spacial score (nSPS) is 12.8. The molecule has 220 valence electrons. The largest absolute Gasteiger partial charge is 0.352 e. The molecule has 41 heavy (non-hydrogen) atoms. The zero-order chi connectivity index (χ0) is 30.2. The molecule has 0 heterocycles. The summed E-state index contributed by atoms with van der Waals surface area (Å²) < 4.78 is 29.1. The highest BCUT2D eigenvalue weighted by molar-refractivity contribution is 7.98. The van der Waals surface area contributed by atoms with Gasteiger partial charge in [-0.05, 0) is 81.0 Å². The predicted molar refractivity (Wildman–Crippen MR) is 168 cm³/mol. The van der Waals surface area contributed by atoms with E-state index in [1.807, 2.05) is 40.0 Å². The summed E-state index contributed by atoms with van der Waals surface area (Å²) in [5.74, 6) is -0.805. The Kier molecular flexibility index (Phi) is 11.7. The van der Waals surface area contributed by atoms with Crippen molar-refractivity contribution < 1.29 is 18.0 Å². The van der Waals surface area contributed by atoms with E-state index in [1.54, 1.807) is 66.7 Å². The lowest BCUT2D eigenvalue weighted by molar-refractivity contribution is -0.140. The first kappa shape index (κ1) is 32.5. The van der Waals surface area contributed by atoms with Gasteiger partial charge < -0.3 is 10.2 Å². The molecule has 2 atom stereocenters. The maximum absolute atomic E-state index is 14.1. The van der Waals surface area contributed by atoms with Gasteiger partial charge >= 0.3 is 0 Å². The van der Waals surface area contributed by atoms with Crippen LogP contribution in [-0.4, -0.2) is 50.0 Å². The molecule has 3 rings (SSSR count). The van der Waals surface area contributed by atoms with E-state index >= 15 is 0 Å². The van der Waals surface area contributed by atoms with Gasteiger partial charge in [0.1, 0.15) is 12.6 Å². The first-order valence-corrected chi connectivity index (χ1v) is 16.6. The van der Waals surface area contributed by atoms with Crippen molar-refractivity contribution in [3.8, 4) is 0 Å². The Hall–Kier alpha value is -3.01. The SMILES string of the molecule is CC[C@H](C(=O)N[C@@H](C)CC)N(Cc1ccccc1Cl)C(=O)CN(c1ccc(C)cc1)S(=O)(=O)c1ccc(SC)cc1. The number of aryl methyl sites for hydroxylation is 1. The summed E-state index contributed by atoms with van der Waals surface area (Å²) in [6, 6.07) is 19.7. The van der Waals surface area contributed by atoms with E-state index in [0.717, 1.165) is 21.2 Å². The number of nitrogens with zero attached hydrogens (tertiary/aromatic N) is 2. The van der Waals surface area contributed by atoms with Gasteiger partial charge in [0.05, 0.1) is 10.6 Å². The number of carbonyl (C=O) groups excluding carboxylic acids is 2. The predicted octanol–water partition coefficient (Wildman–Crippen LogP) is 6.29. The number of benzene rings is 3. The van der Waals surface area contributed by atoms with Gasteiger partial charge in [-0.15, -0.1) is 11.8 Å². The number of nitrogens with one attached hydrogen (secondary N) is 1. The van der Waals surface area contributed by atoms with Gasteiger partial charge in [0, 0.05) is 22.5 Å². The second-order valence-corrected chi connectivity index (χ2v) is 13.0. The Morgan fingerprint density at radius 1 is 0.951 bits per heavy atom. The number of rotatable bonds is 13. The van der Waals surface area contributed by atoms with Gasteiger partial charge in [0.2, 0.25) is 11.8 Å². The zero-order valence-electron chi connectivity index (χ0n) is 24.1. The highest BCUT2D eigenvalue weighted by atomic mass is 35.5. The lowest BCUT2D eigenvalue weighted by Crippen LogP contribution is -2.53. The topological polar surface area (TPSA) is 86.8 Å². The minimum Gasteiger partial charge on any atom is -0.352 e. The highest BCUT2D eigenvalue weighted by Crippen LogP contribution is 2.27. The van der Waals surface area contributed by atoms with E-state index in [-0.39, 0.29) is 23.4 Å². The summed E-state index contributed by atoms with van der Waals surface area (Å²) in [6.45, 7) is 7.16. The summed E-state index contributed by atoms with van der Waals surface area (Å²) in [5, 5.41) is 3.43. The van der Waals surface area contributed by atoms with Crippen LogP contribution in [0.2, 0.25) is 5.02 Å². The molecule has 0 unspecified atom stereocenters. The minimum absolute atomic E-state index is 0.0507. The monoisotopic (exact) mass is 615 g/mol. The molecule has 0 saturated carbocycles. The quantitative estimate of drug-likeness (QED) is 0.229.